The summed E-state index contributed by atoms with van der Waals surface area (Å²) < 4.78 is 0. The lowest BCUT2D eigenvalue weighted by molar-refractivity contribution is -0.149. The van der Waals surface area contributed by atoms with E-state index in [1.807, 2.05) is 13.8 Å². The van der Waals surface area contributed by atoms with Crippen LogP contribution >= 0.6 is 0 Å². The molecule has 1 rings (SSSR count). The lowest BCUT2D eigenvalue weighted by Crippen LogP contribution is -2.63. The Bertz CT molecular complexity index is 279. The lowest BCUT2D eigenvalue weighted by Gasteiger charge is -2.38. The first-order chi connectivity index (χ1) is 8.15. The van der Waals surface area contributed by atoms with Crippen molar-refractivity contribution in [2.24, 2.45) is 0 Å². The van der Waals surface area contributed by atoms with Gasteiger partial charge in [0.15, 0.2) is 0 Å². The molecule has 1 aliphatic heterocycles. The molecule has 1 aliphatic rings. The minimum atomic E-state index is -0.313. The zero-order chi connectivity index (χ0) is 12.8. The number of nitrogens with zero attached hydrogens (tertiary/aromatic N) is 1. The number of hydrogen-bond acceptors (Lipinski definition) is 2. The quantitative estimate of drug-likeness (QED) is 0.718. The molecule has 4 nitrogen and oxygen atoms in total. The van der Waals surface area contributed by atoms with Crippen molar-refractivity contribution in [3.63, 3.8) is 0 Å². The van der Waals surface area contributed by atoms with Gasteiger partial charge >= 0.3 is 0 Å². The van der Waals surface area contributed by atoms with Gasteiger partial charge in [0.05, 0.1) is 0 Å². The van der Waals surface area contributed by atoms with Gasteiger partial charge in [-0.2, -0.15) is 0 Å². The average Bonchev–Trinajstić information content (AvgIpc) is 2.33. The Hall–Kier alpha value is -1.06. The summed E-state index contributed by atoms with van der Waals surface area (Å²) in [7, 11) is 0. The standard InChI is InChI=1S/C13H24N2O2/c1-4-7-8-9-15-11(6-3)12(16)14-10(5-2)13(15)17/h10-11H,4-9H2,1-3H3,(H,14,16). The van der Waals surface area contributed by atoms with Crippen LogP contribution in [0.5, 0.6) is 0 Å². The van der Waals surface area contributed by atoms with Gasteiger partial charge in [0.25, 0.3) is 0 Å². The Morgan fingerprint density at radius 3 is 2.35 bits per heavy atom. The Morgan fingerprint density at radius 1 is 1.12 bits per heavy atom. The van der Waals surface area contributed by atoms with Gasteiger partial charge in [-0.15, -0.1) is 0 Å². The topological polar surface area (TPSA) is 49.4 Å². The molecule has 1 fully saturated rings. The second kappa shape index (κ2) is 6.62. The molecule has 0 spiro atoms. The van der Waals surface area contributed by atoms with Crippen LogP contribution in [0, 0.1) is 0 Å². The molecule has 2 unspecified atom stereocenters. The summed E-state index contributed by atoms with van der Waals surface area (Å²) in [5, 5.41) is 2.81. The summed E-state index contributed by atoms with van der Waals surface area (Å²) in [6.07, 6.45) is 4.59. The number of carbonyl (C=O) groups is 2. The first-order valence-corrected chi connectivity index (χ1v) is 6.76. The van der Waals surface area contributed by atoms with E-state index >= 15 is 0 Å². The largest absolute Gasteiger partial charge is 0.343 e. The molecule has 1 saturated heterocycles. The van der Waals surface area contributed by atoms with Gasteiger partial charge in [-0.1, -0.05) is 33.6 Å². The van der Waals surface area contributed by atoms with Crippen LogP contribution in [0.3, 0.4) is 0 Å². The predicted octanol–water partition coefficient (Wildman–Crippen LogP) is 1.69. The van der Waals surface area contributed by atoms with E-state index < -0.39 is 0 Å². The highest BCUT2D eigenvalue weighted by atomic mass is 16.2. The molecule has 0 aliphatic carbocycles. The Balaban J connectivity index is 2.70. The van der Waals surface area contributed by atoms with Crippen molar-refractivity contribution in [1.82, 2.24) is 10.2 Å². The van der Waals surface area contributed by atoms with Crippen LogP contribution < -0.4 is 5.32 Å². The molecule has 2 atom stereocenters. The van der Waals surface area contributed by atoms with E-state index in [0.717, 1.165) is 25.8 Å². The number of rotatable bonds is 6. The van der Waals surface area contributed by atoms with Gasteiger partial charge in [0.2, 0.25) is 11.8 Å². The van der Waals surface area contributed by atoms with Gasteiger partial charge in [-0.3, -0.25) is 9.59 Å². The highest BCUT2D eigenvalue weighted by Crippen LogP contribution is 2.15. The first-order valence-electron chi connectivity index (χ1n) is 6.76. The monoisotopic (exact) mass is 240 g/mol. The van der Waals surface area contributed by atoms with Crippen LogP contribution in [0.25, 0.3) is 0 Å². The molecule has 2 amide bonds. The third-order valence-corrected chi connectivity index (χ3v) is 3.37. The van der Waals surface area contributed by atoms with E-state index in [1.54, 1.807) is 4.90 Å². The van der Waals surface area contributed by atoms with Crippen LogP contribution in [0.2, 0.25) is 0 Å². The van der Waals surface area contributed by atoms with E-state index in [1.165, 1.54) is 0 Å². The van der Waals surface area contributed by atoms with Crippen molar-refractivity contribution in [2.75, 3.05) is 6.54 Å². The zero-order valence-electron chi connectivity index (χ0n) is 11.2. The first kappa shape index (κ1) is 14.0. The van der Waals surface area contributed by atoms with Gasteiger partial charge in [0, 0.05) is 6.54 Å². The fourth-order valence-electron chi connectivity index (χ4n) is 2.31. The third kappa shape index (κ3) is 3.20. The van der Waals surface area contributed by atoms with Crippen molar-refractivity contribution >= 4 is 11.8 Å². The van der Waals surface area contributed by atoms with Gasteiger partial charge in [-0.25, -0.2) is 0 Å². The Labute approximate surface area is 104 Å². The molecule has 0 radical (unpaired) electrons. The van der Waals surface area contributed by atoms with Crippen LogP contribution in [0.1, 0.15) is 52.9 Å². The fourth-order valence-corrected chi connectivity index (χ4v) is 2.31. The summed E-state index contributed by atoms with van der Waals surface area (Å²) in [5.74, 6) is 0.102. The van der Waals surface area contributed by atoms with Crippen molar-refractivity contribution in [3.05, 3.63) is 0 Å². The normalized spacial score (nSPS) is 25.0. The average molecular weight is 240 g/mol. The Kier molecular flexibility index (Phi) is 5.45. The van der Waals surface area contributed by atoms with Crippen molar-refractivity contribution in [3.8, 4) is 0 Å². The molecule has 1 N–H and O–H groups in total. The highest BCUT2D eigenvalue weighted by Gasteiger charge is 2.37. The van der Waals surface area contributed by atoms with E-state index in [-0.39, 0.29) is 23.9 Å². The predicted molar refractivity (Wildman–Crippen MR) is 67.5 cm³/mol. The highest BCUT2D eigenvalue weighted by molar-refractivity contribution is 5.96. The van der Waals surface area contributed by atoms with Gasteiger partial charge in [0.1, 0.15) is 12.1 Å². The van der Waals surface area contributed by atoms with E-state index in [0.29, 0.717) is 12.8 Å². The van der Waals surface area contributed by atoms with Gasteiger partial charge < -0.3 is 10.2 Å². The number of piperazine rings is 1. The summed E-state index contributed by atoms with van der Waals surface area (Å²) in [6, 6.07) is -0.575. The smallest absolute Gasteiger partial charge is 0.245 e. The van der Waals surface area contributed by atoms with Crippen molar-refractivity contribution in [2.45, 2.75) is 65.0 Å². The van der Waals surface area contributed by atoms with E-state index in [4.69, 9.17) is 0 Å². The molecule has 1 heterocycles. The summed E-state index contributed by atoms with van der Waals surface area (Å²) in [6.45, 7) is 6.74. The number of nitrogens with one attached hydrogen (secondary N) is 1. The van der Waals surface area contributed by atoms with Crippen molar-refractivity contribution in [1.29, 1.82) is 0 Å². The van der Waals surface area contributed by atoms with E-state index in [2.05, 4.69) is 12.2 Å². The number of carbonyl (C=O) groups excluding carboxylic acids is 2. The molecule has 17 heavy (non-hydrogen) atoms. The maximum atomic E-state index is 12.2. The summed E-state index contributed by atoms with van der Waals surface area (Å²) >= 11 is 0. The summed E-state index contributed by atoms with van der Waals surface area (Å²) in [5.41, 5.74) is 0. The number of unbranched alkanes of at least 4 members (excludes halogenated alkanes) is 2. The van der Waals surface area contributed by atoms with E-state index in [9.17, 15) is 9.59 Å². The molecule has 0 aromatic heterocycles. The minimum Gasteiger partial charge on any atom is -0.343 e. The maximum absolute atomic E-state index is 12.2. The molecule has 0 saturated carbocycles. The van der Waals surface area contributed by atoms with Crippen LogP contribution in [-0.4, -0.2) is 35.3 Å². The maximum Gasteiger partial charge on any atom is 0.245 e. The molecule has 4 heteroatoms. The van der Waals surface area contributed by atoms with Crippen LogP contribution in [0.15, 0.2) is 0 Å². The molecule has 0 aromatic rings. The Morgan fingerprint density at radius 2 is 1.82 bits per heavy atom. The third-order valence-electron chi connectivity index (χ3n) is 3.37. The number of amides is 2. The van der Waals surface area contributed by atoms with Crippen molar-refractivity contribution < 1.29 is 9.59 Å². The van der Waals surface area contributed by atoms with Crippen LogP contribution in [-0.2, 0) is 9.59 Å². The fraction of sp³-hybridized carbons (Fsp3) is 0.846. The molecule has 0 bridgehead atoms. The zero-order valence-corrected chi connectivity index (χ0v) is 11.2. The lowest BCUT2D eigenvalue weighted by atomic mass is 10.0. The minimum absolute atomic E-state index is 0.00967. The molecular weight excluding hydrogens is 216 g/mol. The second-order valence-electron chi connectivity index (χ2n) is 4.63. The number of hydrogen-bond donors (Lipinski definition) is 1. The molecule has 0 aromatic carbocycles. The second-order valence-corrected chi connectivity index (χ2v) is 4.63. The summed E-state index contributed by atoms with van der Waals surface area (Å²) in [4.78, 5) is 25.8. The van der Waals surface area contributed by atoms with Crippen LogP contribution in [0.4, 0.5) is 0 Å². The van der Waals surface area contributed by atoms with Gasteiger partial charge in [-0.05, 0) is 19.3 Å². The molecule has 98 valence electrons. The molecular formula is C13H24N2O2. The SMILES string of the molecule is CCCCCN1C(=O)C(CC)NC(=O)C1CC.